The number of carboxylic acid groups (broad SMARTS) is 1. The summed E-state index contributed by atoms with van der Waals surface area (Å²) < 4.78 is 0. The third-order valence-electron chi connectivity index (χ3n) is 2.25. The summed E-state index contributed by atoms with van der Waals surface area (Å²) in [5.74, 6) is 1.41. The van der Waals surface area contributed by atoms with Crippen LogP contribution in [0.2, 0.25) is 0 Å². The normalized spacial score (nSPS) is 13.2. The second-order valence-electron chi connectivity index (χ2n) is 3.96. The van der Waals surface area contributed by atoms with Crippen molar-refractivity contribution in [1.82, 2.24) is 10.6 Å². The lowest BCUT2D eigenvalue weighted by atomic mass is 10.1. The van der Waals surface area contributed by atoms with Crippen LogP contribution in [0.25, 0.3) is 0 Å². The molecule has 0 fully saturated rings. The van der Waals surface area contributed by atoms with Crippen LogP contribution >= 0.6 is 0 Å². The average molecular weight is 240 g/mol. The Balaban J connectivity index is 4.12. The summed E-state index contributed by atoms with van der Waals surface area (Å²) >= 11 is 0. The zero-order valence-corrected chi connectivity index (χ0v) is 10.3. The smallest absolute Gasteiger partial charge is 0.326 e. The number of aliphatic carboxylic acids is 1. The van der Waals surface area contributed by atoms with Crippen LogP contribution < -0.4 is 10.6 Å². The third-order valence-corrected chi connectivity index (χ3v) is 2.25. The highest BCUT2D eigenvalue weighted by molar-refractivity contribution is 5.82. The second kappa shape index (κ2) is 8.45. The van der Waals surface area contributed by atoms with E-state index in [9.17, 15) is 9.59 Å². The van der Waals surface area contributed by atoms with E-state index in [0.29, 0.717) is 12.8 Å². The van der Waals surface area contributed by atoms with E-state index in [1.165, 1.54) is 0 Å². The lowest BCUT2D eigenvalue weighted by Crippen LogP contribution is -2.48. The fourth-order valence-electron chi connectivity index (χ4n) is 1.32. The van der Waals surface area contributed by atoms with Gasteiger partial charge in [-0.15, -0.1) is 12.3 Å². The maximum Gasteiger partial charge on any atom is 0.326 e. The summed E-state index contributed by atoms with van der Waals surface area (Å²) in [4.78, 5) is 22.3. The van der Waals surface area contributed by atoms with Gasteiger partial charge in [0.15, 0.2) is 0 Å². The lowest BCUT2D eigenvalue weighted by Gasteiger charge is -2.17. The van der Waals surface area contributed by atoms with E-state index in [1.807, 2.05) is 6.92 Å². The Kier molecular flexibility index (Phi) is 7.61. The summed E-state index contributed by atoms with van der Waals surface area (Å²) in [6.45, 7) is 3.73. The highest BCUT2D eigenvalue weighted by Gasteiger charge is 2.19. The first kappa shape index (κ1) is 15.3. The lowest BCUT2D eigenvalue weighted by molar-refractivity contribution is -0.139. The van der Waals surface area contributed by atoms with E-state index >= 15 is 0 Å². The van der Waals surface area contributed by atoms with Crippen molar-refractivity contribution < 1.29 is 14.7 Å². The Labute approximate surface area is 102 Å². The molecule has 2 unspecified atom stereocenters. The van der Waals surface area contributed by atoms with Crippen molar-refractivity contribution in [1.29, 1.82) is 0 Å². The van der Waals surface area contributed by atoms with Gasteiger partial charge in [-0.25, -0.2) is 9.59 Å². The fourth-order valence-corrected chi connectivity index (χ4v) is 1.32. The maximum absolute atomic E-state index is 11.5. The number of nitrogens with one attached hydrogen (secondary N) is 2. The molecule has 0 aliphatic heterocycles. The van der Waals surface area contributed by atoms with Gasteiger partial charge in [-0.2, -0.15) is 0 Å². The fraction of sp³-hybridized carbons (Fsp3) is 0.667. The largest absolute Gasteiger partial charge is 0.480 e. The Morgan fingerprint density at radius 2 is 2.06 bits per heavy atom. The molecule has 0 heterocycles. The third kappa shape index (κ3) is 7.23. The summed E-state index contributed by atoms with van der Waals surface area (Å²) in [5.41, 5.74) is 0. The number of hydrogen-bond acceptors (Lipinski definition) is 2. The van der Waals surface area contributed by atoms with Crippen LogP contribution in [-0.2, 0) is 4.79 Å². The molecule has 0 aromatic rings. The van der Waals surface area contributed by atoms with Crippen molar-refractivity contribution >= 4 is 12.0 Å². The van der Waals surface area contributed by atoms with Gasteiger partial charge in [0.05, 0.1) is 0 Å². The molecule has 0 bridgehead atoms. The van der Waals surface area contributed by atoms with E-state index in [-0.39, 0.29) is 6.04 Å². The second-order valence-corrected chi connectivity index (χ2v) is 3.96. The van der Waals surface area contributed by atoms with Crippen LogP contribution in [0.4, 0.5) is 4.79 Å². The van der Waals surface area contributed by atoms with Crippen LogP contribution in [0.1, 0.15) is 39.5 Å². The van der Waals surface area contributed by atoms with Gasteiger partial charge in [-0.1, -0.05) is 19.8 Å². The molecule has 5 heteroatoms. The van der Waals surface area contributed by atoms with Crippen LogP contribution in [0.5, 0.6) is 0 Å². The van der Waals surface area contributed by atoms with E-state index in [1.54, 1.807) is 6.92 Å². The molecule has 0 rings (SSSR count). The van der Waals surface area contributed by atoms with Crippen LogP contribution in [0, 0.1) is 12.3 Å². The van der Waals surface area contributed by atoms with Crippen molar-refractivity contribution in [3.05, 3.63) is 0 Å². The Morgan fingerprint density at radius 3 is 2.53 bits per heavy atom. The molecule has 3 N–H and O–H groups in total. The molecule has 2 atom stereocenters. The van der Waals surface area contributed by atoms with Gasteiger partial charge in [0.2, 0.25) is 0 Å². The first-order valence-electron chi connectivity index (χ1n) is 5.74. The van der Waals surface area contributed by atoms with Gasteiger partial charge in [0, 0.05) is 12.5 Å². The van der Waals surface area contributed by atoms with Gasteiger partial charge < -0.3 is 15.7 Å². The minimum Gasteiger partial charge on any atom is -0.480 e. The monoisotopic (exact) mass is 240 g/mol. The number of carbonyl (C=O) groups is 2. The minimum atomic E-state index is -1.02. The van der Waals surface area contributed by atoms with Gasteiger partial charge in [-0.3, -0.25) is 0 Å². The number of terminal acetylenes is 1. The Hall–Kier alpha value is -1.70. The molecule has 0 saturated carbocycles. The standard InChI is InChI=1S/C12H20N2O3/c1-4-6-8-10(11(15)16)14-12(17)13-9(3)7-5-2/h2,9-10H,4,6-8H2,1,3H3,(H,15,16)(H2,13,14,17). The van der Waals surface area contributed by atoms with Gasteiger partial charge in [0.25, 0.3) is 0 Å². The molecule has 96 valence electrons. The molecule has 0 aromatic carbocycles. The number of urea groups is 1. The van der Waals surface area contributed by atoms with Crippen molar-refractivity contribution in [3.8, 4) is 12.3 Å². The van der Waals surface area contributed by atoms with E-state index in [0.717, 1.165) is 12.8 Å². The molecule has 2 amide bonds. The molecule has 0 aromatic heterocycles. The molecule has 0 saturated heterocycles. The van der Waals surface area contributed by atoms with Crippen LogP contribution in [-0.4, -0.2) is 29.2 Å². The molecule has 0 spiro atoms. The Morgan fingerprint density at radius 1 is 1.41 bits per heavy atom. The molecular formula is C12H20N2O3. The molecular weight excluding hydrogens is 220 g/mol. The minimum absolute atomic E-state index is 0.166. The summed E-state index contributed by atoms with van der Waals surface area (Å²) in [6.07, 6.45) is 7.61. The highest BCUT2D eigenvalue weighted by Crippen LogP contribution is 2.01. The first-order valence-corrected chi connectivity index (χ1v) is 5.74. The van der Waals surface area contributed by atoms with Gasteiger partial charge >= 0.3 is 12.0 Å². The van der Waals surface area contributed by atoms with E-state index in [2.05, 4.69) is 16.6 Å². The van der Waals surface area contributed by atoms with Crippen molar-refractivity contribution in [2.24, 2.45) is 0 Å². The molecule has 0 aliphatic carbocycles. The van der Waals surface area contributed by atoms with Crippen molar-refractivity contribution in [3.63, 3.8) is 0 Å². The number of carbonyl (C=O) groups excluding carboxylic acids is 1. The highest BCUT2D eigenvalue weighted by atomic mass is 16.4. The van der Waals surface area contributed by atoms with E-state index < -0.39 is 18.0 Å². The quantitative estimate of drug-likeness (QED) is 0.588. The molecule has 17 heavy (non-hydrogen) atoms. The van der Waals surface area contributed by atoms with Crippen LogP contribution in [0.3, 0.4) is 0 Å². The predicted octanol–water partition coefficient (Wildman–Crippen LogP) is 1.34. The summed E-state index contributed by atoms with van der Waals surface area (Å²) in [7, 11) is 0. The number of hydrogen-bond donors (Lipinski definition) is 3. The van der Waals surface area contributed by atoms with Crippen molar-refractivity contribution in [2.45, 2.75) is 51.6 Å². The first-order chi connectivity index (χ1) is 8.01. The number of amides is 2. The zero-order valence-electron chi connectivity index (χ0n) is 10.3. The SMILES string of the molecule is C#CCC(C)NC(=O)NC(CCCC)C(=O)O. The number of rotatable bonds is 7. The van der Waals surface area contributed by atoms with Gasteiger partial charge in [-0.05, 0) is 13.3 Å². The van der Waals surface area contributed by atoms with E-state index in [4.69, 9.17) is 11.5 Å². The van der Waals surface area contributed by atoms with Crippen molar-refractivity contribution in [2.75, 3.05) is 0 Å². The molecule has 0 radical (unpaired) electrons. The number of carboxylic acids is 1. The zero-order chi connectivity index (χ0) is 13.3. The molecule has 5 nitrogen and oxygen atoms in total. The summed E-state index contributed by atoms with van der Waals surface area (Å²) in [6, 6.07) is -1.50. The van der Waals surface area contributed by atoms with Crippen LogP contribution in [0.15, 0.2) is 0 Å². The molecule has 0 aliphatic rings. The maximum atomic E-state index is 11.5. The summed E-state index contributed by atoms with van der Waals surface area (Å²) in [5, 5.41) is 13.9. The average Bonchev–Trinajstić information content (AvgIpc) is 2.23. The number of unbranched alkanes of at least 4 members (excludes halogenated alkanes) is 1. The van der Waals surface area contributed by atoms with Gasteiger partial charge in [0.1, 0.15) is 6.04 Å². The topological polar surface area (TPSA) is 78.4 Å². The predicted molar refractivity (Wildman–Crippen MR) is 65.5 cm³/mol. The Bertz CT molecular complexity index is 297.